The Kier molecular flexibility index (Phi) is 3.82. The molecule has 0 radical (unpaired) electrons. The van der Waals surface area contributed by atoms with E-state index < -0.39 is 17.9 Å². The Morgan fingerprint density at radius 1 is 1.22 bits per heavy atom. The number of hydrogen-bond acceptors (Lipinski definition) is 7. The van der Waals surface area contributed by atoms with Gasteiger partial charge >= 0.3 is 6.18 Å². The predicted molar refractivity (Wildman–Crippen MR) is 85.2 cm³/mol. The first-order valence-corrected chi connectivity index (χ1v) is 7.78. The third kappa shape index (κ3) is 3.20. The Labute approximate surface area is 149 Å². The van der Waals surface area contributed by atoms with E-state index >= 15 is 0 Å². The van der Waals surface area contributed by atoms with Crippen molar-refractivity contribution in [3.63, 3.8) is 0 Å². The molecule has 9 nitrogen and oxygen atoms in total. The molecule has 1 amide bonds. The van der Waals surface area contributed by atoms with Crippen LogP contribution < -0.4 is 15.4 Å². The second-order valence-electron chi connectivity index (χ2n) is 5.87. The highest BCUT2D eigenvalue weighted by Gasteiger charge is 2.38. The molecule has 0 atom stereocenters. The van der Waals surface area contributed by atoms with Gasteiger partial charge in [0.15, 0.2) is 5.65 Å². The second kappa shape index (κ2) is 6.07. The van der Waals surface area contributed by atoms with Gasteiger partial charge in [0.25, 0.3) is 11.7 Å². The molecular weight excluding hydrogens is 367 g/mol. The van der Waals surface area contributed by atoms with Gasteiger partial charge in [0.1, 0.15) is 23.4 Å². The van der Waals surface area contributed by atoms with Gasteiger partial charge in [-0.05, 0) is 18.2 Å². The maximum atomic E-state index is 12.9. The molecule has 140 valence electrons. The van der Waals surface area contributed by atoms with Crippen molar-refractivity contribution in [1.82, 2.24) is 24.8 Å². The van der Waals surface area contributed by atoms with Crippen LogP contribution in [0, 0.1) is 0 Å². The lowest BCUT2D eigenvalue weighted by Crippen LogP contribution is -2.54. The fourth-order valence-electron chi connectivity index (χ4n) is 2.64. The van der Waals surface area contributed by atoms with Gasteiger partial charge in [0.2, 0.25) is 0 Å². The van der Waals surface area contributed by atoms with Crippen molar-refractivity contribution >= 4 is 17.4 Å². The first-order valence-electron chi connectivity index (χ1n) is 7.78. The Balaban J connectivity index is 1.46. The molecule has 0 aliphatic carbocycles. The van der Waals surface area contributed by atoms with Gasteiger partial charge in [-0.15, -0.1) is 15.3 Å². The third-order valence-electron chi connectivity index (χ3n) is 3.96. The summed E-state index contributed by atoms with van der Waals surface area (Å²) in [5.41, 5.74) is 5.27. The standard InChI is InChI=1S/C15H12F3N7O2/c16-15(17,18)14-22-21-11-1-2-12(23-25(11)14)24-6-9(7-24)27-8-3-4-20-10(5-8)13(19)26/h1-5,9H,6-7H2,(H2,19,26). The van der Waals surface area contributed by atoms with E-state index in [2.05, 4.69) is 20.3 Å². The van der Waals surface area contributed by atoms with Crippen molar-refractivity contribution < 1.29 is 22.7 Å². The average molecular weight is 379 g/mol. The fourth-order valence-corrected chi connectivity index (χ4v) is 2.64. The molecular formula is C15H12F3N7O2. The van der Waals surface area contributed by atoms with Crippen LogP contribution >= 0.6 is 0 Å². The maximum absolute atomic E-state index is 12.9. The number of primary amides is 1. The zero-order chi connectivity index (χ0) is 19.2. The molecule has 4 heterocycles. The summed E-state index contributed by atoms with van der Waals surface area (Å²) >= 11 is 0. The van der Waals surface area contributed by atoms with Crippen molar-refractivity contribution in [3.05, 3.63) is 42.0 Å². The SMILES string of the molecule is NC(=O)c1cc(OC2CN(c3ccc4nnc(C(F)(F)F)n4n3)C2)ccn1. The van der Waals surface area contributed by atoms with E-state index in [9.17, 15) is 18.0 Å². The molecule has 0 aromatic carbocycles. The number of nitrogens with zero attached hydrogens (tertiary/aromatic N) is 6. The van der Waals surface area contributed by atoms with Crippen LogP contribution in [0.15, 0.2) is 30.5 Å². The maximum Gasteiger partial charge on any atom is 0.453 e. The minimum absolute atomic E-state index is 0.00941. The van der Waals surface area contributed by atoms with Crippen LogP contribution in [0.2, 0.25) is 0 Å². The number of fused-ring (bicyclic) bond motifs is 1. The van der Waals surface area contributed by atoms with Gasteiger partial charge in [-0.3, -0.25) is 9.78 Å². The third-order valence-corrected chi connectivity index (χ3v) is 3.96. The topological polar surface area (TPSA) is 112 Å². The summed E-state index contributed by atoms with van der Waals surface area (Å²) in [6.45, 7) is 0.826. The number of alkyl halides is 3. The van der Waals surface area contributed by atoms with Gasteiger partial charge in [-0.1, -0.05) is 0 Å². The quantitative estimate of drug-likeness (QED) is 0.717. The first kappa shape index (κ1) is 17.0. The number of nitrogens with two attached hydrogens (primary N) is 1. The van der Waals surface area contributed by atoms with E-state index in [4.69, 9.17) is 10.5 Å². The van der Waals surface area contributed by atoms with E-state index in [0.717, 1.165) is 0 Å². The molecule has 3 aromatic rings. The monoisotopic (exact) mass is 379 g/mol. The lowest BCUT2D eigenvalue weighted by atomic mass is 10.1. The zero-order valence-electron chi connectivity index (χ0n) is 13.6. The summed E-state index contributed by atoms with van der Waals surface area (Å²) in [7, 11) is 0. The molecule has 0 unspecified atom stereocenters. The zero-order valence-corrected chi connectivity index (χ0v) is 13.6. The molecule has 0 spiro atoms. The van der Waals surface area contributed by atoms with Crippen molar-refractivity contribution in [3.8, 4) is 5.75 Å². The summed E-state index contributed by atoms with van der Waals surface area (Å²) in [6.07, 6.45) is -3.45. The molecule has 1 aliphatic rings. The molecule has 4 rings (SSSR count). The Morgan fingerprint density at radius 2 is 2.00 bits per heavy atom. The van der Waals surface area contributed by atoms with E-state index in [1.54, 1.807) is 17.0 Å². The van der Waals surface area contributed by atoms with Crippen LogP contribution in [0.5, 0.6) is 5.75 Å². The second-order valence-corrected chi connectivity index (χ2v) is 5.87. The molecule has 0 bridgehead atoms. The van der Waals surface area contributed by atoms with E-state index in [1.807, 2.05) is 0 Å². The molecule has 1 fully saturated rings. The van der Waals surface area contributed by atoms with E-state index in [-0.39, 0.29) is 17.4 Å². The molecule has 1 aliphatic heterocycles. The first-order chi connectivity index (χ1) is 12.8. The number of carbonyl (C=O) groups is 1. The average Bonchev–Trinajstić information content (AvgIpc) is 3.01. The number of rotatable bonds is 4. The van der Waals surface area contributed by atoms with Crippen LogP contribution in [0.4, 0.5) is 19.0 Å². The summed E-state index contributed by atoms with van der Waals surface area (Å²) < 4.78 is 45.2. The Hall–Kier alpha value is -3.44. The van der Waals surface area contributed by atoms with E-state index in [0.29, 0.717) is 29.2 Å². The lowest BCUT2D eigenvalue weighted by Gasteiger charge is -2.39. The van der Waals surface area contributed by atoms with Crippen LogP contribution in [0.25, 0.3) is 5.65 Å². The Morgan fingerprint density at radius 3 is 2.70 bits per heavy atom. The predicted octanol–water partition coefficient (Wildman–Crippen LogP) is 0.905. The van der Waals surface area contributed by atoms with Crippen LogP contribution in [-0.4, -0.2) is 49.9 Å². The summed E-state index contributed by atoms with van der Waals surface area (Å²) in [5, 5.41) is 10.6. The largest absolute Gasteiger partial charge is 0.487 e. The van der Waals surface area contributed by atoms with Crippen molar-refractivity contribution in [2.45, 2.75) is 12.3 Å². The smallest absolute Gasteiger partial charge is 0.453 e. The van der Waals surface area contributed by atoms with Crippen LogP contribution in [0.1, 0.15) is 16.3 Å². The number of aromatic nitrogens is 5. The number of ether oxygens (including phenoxy) is 1. The van der Waals surface area contributed by atoms with Crippen molar-refractivity contribution in [2.24, 2.45) is 5.73 Å². The highest BCUT2D eigenvalue weighted by atomic mass is 19.4. The highest BCUT2D eigenvalue weighted by Crippen LogP contribution is 2.29. The van der Waals surface area contributed by atoms with E-state index in [1.165, 1.54) is 18.3 Å². The Bertz CT molecular complexity index is 1010. The molecule has 27 heavy (non-hydrogen) atoms. The van der Waals surface area contributed by atoms with Gasteiger partial charge in [-0.2, -0.15) is 17.7 Å². The fraction of sp³-hybridized carbons (Fsp3) is 0.267. The summed E-state index contributed by atoms with van der Waals surface area (Å²) in [6, 6.07) is 6.01. The van der Waals surface area contributed by atoms with Gasteiger partial charge in [0, 0.05) is 12.3 Å². The van der Waals surface area contributed by atoms with Crippen LogP contribution in [-0.2, 0) is 6.18 Å². The number of carbonyl (C=O) groups excluding carboxylic acids is 1. The van der Waals surface area contributed by atoms with Crippen molar-refractivity contribution in [1.29, 1.82) is 0 Å². The van der Waals surface area contributed by atoms with Crippen LogP contribution in [0.3, 0.4) is 0 Å². The highest BCUT2D eigenvalue weighted by molar-refractivity contribution is 5.91. The minimum Gasteiger partial charge on any atom is -0.487 e. The normalized spacial score (nSPS) is 15.0. The number of anilines is 1. The molecule has 12 heteroatoms. The molecule has 3 aromatic heterocycles. The number of halogens is 3. The van der Waals surface area contributed by atoms with Gasteiger partial charge in [-0.25, -0.2) is 0 Å². The molecule has 0 saturated carbocycles. The van der Waals surface area contributed by atoms with Crippen molar-refractivity contribution in [2.75, 3.05) is 18.0 Å². The summed E-state index contributed by atoms with van der Waals surface area (Å²) in [5.74, 6) is -1.06. The number of amides is 1. The lowest BCUT2D eigenvalue weighted by molar-refractivity contribution is -0.146. The summed E-state index contributed by atoms with van der Waals surface area (Å²) in [4.78, 5) is 16.7. The van der Waals surface area contributed by atoms with Gasteiger partial charge in [0.05, 0.1) is 13.1 Å². The molecule has 1 saturated heterocycles. The number of hydrogen-bond donors (Lipinski definition) is 1. The minimum atomic E-state index is -4.65. The molecule has 2 N–H and O–H groups in total. The van der Waals surface area contributed by atoms with Gasteiger partial charge < -0.3 is 15.4 Å². The number of pyridine rings is 1.